The Morgan fingerprint density at radius 2 is 1.43 bits per heavy atom. The van der Waals surface area contributed by atoms with Crippen molar-refractivity contribution in [2.75, 3.05) is 0 Å². The van der Waals surface area contributed by atoms with Gasteiger partial charge in [-0.25, -0.2) is 0 Å². The first-order valence-electron chi connectivity index (χ1n) is 6.90. The molecule has 0 atom stereocenters. The van der Waals surface area contributed by atoms with Gasteiger partial charge in [0.2, 0.25) is 0 Å². The second kappa shape index (κ2) is 7.06. The van der Waals surface area contributed by atoms with E-state index in [1.54, 1.807) is 6.08 Å². The van der Waals surface area contributed by atoms with E-state index in [-0.39, 0.29) is 0 Å². The van der Waals surface area contributed by atoms with Crippen molar-refractivity contribution in [3.63, 3.8) is 0 Å². The van der Waals surface area contributed by atoms with E-state index in [0.29, 0.717) is 0 Å². The van der Waals surface area contributed by atoms with Gasteiger partial charge in [-0.05, 0) is 6.92 Å². The largest absolute Gasteiger partial charge is 0.309 e. The second-order valence-electron chi connectivity index (χ2n) is 4.60. The van der Waals surface area contributed by atoms with Gasteiger partial charge in [0, 0.05) is 15.9 Å². The Morgan fingerprint density at radius 1 is 0.952 bits per heavy atom. The molecule has 2 aromatic carbocycles. The van der Waals surface area contributed by atoms with Crippen molar-refractivity contribution in [2.24, 2.45) is 0 Å². The number of hydrogen-bond acceptors (Lipinski definition) is 1. The van der Waals surface area contributed by atoms with Crippen molar-refractivity contribution in [1.82, 2.24) is 0 Å². The fourth-order valence-corrected chi connectivity index (χ4v) is 4.85. The van der Waals surface area contributed by atoms with Crippen LogP contribution >= 0.6 is 7.14 Å². The molecule has 0 aliphatic rings. The Hall–Kier alpha value is -2.11. The molecule has 0 bridgehead atoms. The molecule has 2 aromatic rings. The van der Waals surface area contributed by atoms with Crippen LogP contribution in [-0.4, -0.2) is 0 Å². The number of benzene rings is 2. The molecule has 0 fully saturated rings. The minimum absolute atomic E-state index is 0.748. The van der Waals surface area contributed by atoms with Crippen molar-refractivity contribution < 1.29 is 4.57 Å². The van der Waals surface area contributed by atoms with Crippen molar-refractivity contribution in [2.45, 2.75) is 6.92 Å². The van der Waals surface area contributed by atoms with Crippen LogP contribution in [0.1, 0.15) is 6.92 Å². The molecule has 0 aromatic heterocycles. The fourth-order valence-electron chi connectivity index (χ4n) is 2.22. The van der Waals surface area contributed by atoms with Crippen LogP contribution in [0.25, 0.3) is 0 Å². The van der Waals surface area contributed by atoms with Crippen LogP contribution in [0.15, 0.2) is 96.9 Å². The molecule has 0 aliphatic carbocycles. The van der Waals surface area contributed by atoms with E-state index in [9.17, 15) is 4.57 Å². The molecule has 1 nitrogen and oxygen atoms in total. The van der Waals surface area contributed by atoms with E-state index in [1.165, 1.54) is 0 Å². The lowest BCUT2D eigenvalue weighted by molar-refractivity contribution is 0.591. The SMILES string of the molecule is C=C/C(=C\C=C/C)P(=O)(c1ccccc1)c1ccccc1. The molecular weight excluding hydrogens is 275 g/mol. The lowest BCUT2D eigenvalue weighted by Gasteiger charge is -2.20. The third-order valence-electron chi connectivity index (χ3n) is 3.27. The first kappa shape index (κ1) is 15.3. The first-order chi connectivity index (χ1) is 10.2. The Balaban J connectivity index is 2.71. The Labute approximate surface area is 126 Å². The first-order valence-corrected chi connectivity index (χ1v) is 8.61. The molecule has 2 heteroatoms. The molecule has 0 saturated heterocycles. The van der Waals surface area contributed by atoms with Gasteiger partial charge < -0.3 is 4.57 Å². The maximum absolute atomic E-state index is 13.9. The average Bonchev–Trinajstić information content (AvgIpc) is 2.57. The zero-order valence-electron chi connectivity index (χ0n) is 12.1. The van der Waals surface area contributed by atoms with Crippen LogP contribution in [0.3, 0.4) is 0 Å². The van der Waals surface area contributed by atoms with Gasteiger partial charge in [0.05, 0.1) is 0 Å². The normalized spacial score (nSPS) is 12.5. The van der Waals surface area contributed by atoms with Gasteiger partial charge >= 0.3 is 0 Å². The van der Waals surface area contributed by atoms with Crippen LogP contribution in [0.5, 0.6) is 0 Å². The van der Waals surface area contributed by atoms with Crippen molar-refractivity contribution in [3.8, 4) is 0 Å². The van der Waals surface area contributed by atoms with Crippen molar-refractivity contribution >= 4 is 17.8 Å². The summed E-state index contributed by atoms with van der Waals surface area (Å²) in [5.74, 6) is 0. The average molecular weight is 294 g/mol. The van der Waals surface area contributed by atoms with Crippen LogP contribution in [0.2, 0.25) is 0 Å². The molecule has 0 aliphatic heterocycles. The highest BCUT2D eigenvalue weighted by atomic mass is 31.2. The van der Waals surface area contributed by atoms with Crippen molar-refractivity contribution in [3.05, 3.63) is 96.9 Å². The van der Waals surface area contributed by atoms with Gasteiger partial charge in [-0.2, -0.15) is 0 Å². The third kappa shape index (κ3) is 3.15. The van der Waals surface area contributed by atoms with Gasteiger partial charge in [0.15, 0.2) is 7.14 Å². The highest BCUT2D eigenvalue weighted by Crippen LogP contribution is 2.52. The Kier molecular flexibility index (Phi) is 5.14. The predicted molar refractivity (Wildman–Crippen MR) is 92.9 cm³/mol. The number of hydrogen-bond donors (Lipinski definition) is 0. The summed E-state index contributed by atoms with van der Waals surface area (Å²) >= 11 is 0. The highest BCUT2D eigenvalue weighted by molar-refractivity contribution is 7.82. The van der Waals surface area contributed by atoms with Crippen LogP contribution in [0.4, 0.5) is 0 Å². The number of allylic oxidation sites excluding steroid dienone is 5. The standard InChI is InChI=1S/C19H19OP/c1-3-5-12-17(4-2)21(20,18-13-8-6-9-14-18)19-15-10-7-11-16-19/h3-16H,2H2,1H3/b5-3-,17-12+. The molecule has 106 valence electrons. The molecule has 0 radical (unpaired) electrons. The van der Waals surface area contributed by atoms with Crippen LogP contribution < -0.4 is 10.6 Å². The van der Waals surface area contributed by atoms with E-state index < -0.39 is 7.14 Å². The summed E-state index contributed by atoms with van der Waals surface area (Å²) < 4.78 is 13.9. The summed E-state index contributed by atoms with van der Waals surface area (Å²) in [6, 6.07) is 19.2. The molecule has 0 spiro atoms. The minimum atomic E-state index is -2.87. The Bertz CT molecular complexity index is 653. The van der Waals surface area contributed by atoms with Gasteiger partial charge in [-0.1, -0.05) is 91.5 Å². The molecule has 0 saturated carbocycles. The van der Waals surface area contributed by atoms with Crippen LogP contribution in [-0.2, 0) is 4.57 Å². The quantitative estimate of drug-likeness (QED) is 0.579. The molecule has 0 N–H and O–H groups in total. The zero-order chi connectivity index (χ0) is 15.1. The third-order valence-corrected chi connectivity index (χ3v) is 6.38. The summed E-state index contributed by atoms with van der Waals surface area (Å²) in [4.78, 5) is 0. The number of rotatable bonds is 5. The zero-order valence-corrected chi connectivity index (χ0v) is 13.0. The van der Waals surface area contributed by atoms with Gasteiger partial charge in [-0.15, -0.1) is 0 Å². The summed E-state index contributed by atoms with van der Waals surface area (Å²) in [7, 11) is -2.87. The van der Waals surface area contributed by atoms with Crippen LogP contribution in [0, 0.1) is 0 Å². The predicted octanol–water partition coefficient (Wildman–Crippen LogP) is 4.65. The molecule has 0 unspecified atom stereocenters. The lowest BCUT2D eigenvalue weighted by Crippen LogP contribution is -2.16. The minimum Gasteiger partial charge on any atom is -0.309 e. The van der Waals surface area contributed by atoms with E-state index in [0.717, 1.165) is 15.9 Å². The van der Waals surface area contributed by atoms with Gasteiger partial charge in [0.1, 0.15) is 0 Å². The Morgan fingerprint density at radius 3 is 1.81 bits per heavy atom. The lowest BCUT2D eigenvalue weighted by atomic mass is 10.4. The molecule has 0 heterocycles. The highest BCUT2D eigenvalue weighted by Gasteiger charge is 2.29. The topological polar surface area (TPSA) is 17.1 Å². The maximum atomic E-state index is 13.9. The second-order valence-corrected chi connectivity index (χ2v) is 7.37. The monoisotopic (exact) mass is 294 g/mol. The summed E-state index contributed by atoms with van der Waals surface area (Å²) in [6.07, 6.45) is 7.40. The molecule has 2 rings (SSSR count). The van der Waals surface area contributed by atoms with Crippen molar-refractivity contribution in [1.29, 1.82) is 0 Å². The van der Waals surface area contributed by atoms with E-state index in [2.05, 4.69) is 6.58 Å². The van der Waals surface area contributed by atoms with E-state index >= 15 is 0 Å². The molecule has 0 amide bonds. The maximum Gasteiger partial charge on any atom is 0.170 e. The van der Waals surface area contributed by atoms with E-state index in [4.69, 9.17) is 0 Å². The summed E-state index contributed by atoms with van der Waals surface area (Å²) in [5, 5.41) is 2.40. The molecular formula is C19H19OP. The fraction of sp³-hybridized carbons (Fsp3) is 0.0526. The molecule has 21 heavy (non-hydrogen) atoms. The summed E-state index contributed by atoms with van der Waals surface area (Å²) in [6.45, 7) is 5.79. The van der Waals surface area contributed by atoms with Gasteiger partial charge in [0.25, 0.3) is 0 Å². The van der Waals surface area contributed by atoms with Gasteiger partial charge in [-0.3, -0.25) is 0 Å². The summed E-state index contributed by atoms with van der Waals surface area (Å²) in [5.41, 5.74) is 0. The smallest absolute Gasteiger partial charge is 0.170 e. The van der Waals surface area contributed by atoms with E-state index in [1.807, 2.05) is 85.8 Å².